The molecule has 1 fully saturated rings. The normalized spacial score (nSPS) is 16.6. The van der Waals surface area contributed by atoms with Crippen molar-refractivity contribution in [3.05, 3.63) is 35.4 Å². The second-order valence-electron chi connectivity index (χ2n) is 5.77. The molecule has 2 rings (SSSR count). The van der Waals surface area contributed by atoms with E-state index < -0.39 is 0 Å². The molecule has 1 aromatic rings. The molecule has 0 bridgehead atoms. The van der Waals surface area contributed by atoms with Crippen molar-refractivity contribution < 1.29 is 4.79 Å². The third kappa shape index (κ3) is 5.33. The van der Waals surface area contributed by atoms with E-state index in [4.69, 9.17) is 0 Å². The van der Waals surface area contributed by atoms with Gasteiger partial charge in [-0.05, 0) is 38.4 Å². The second-order valence-corrected chi connectivity index (χ2v) is 5.77. The Morgan fingerprint density at radius 1 is 1.10 bits per heavy atom. The summed E-state index contributed by atoms with van der Waals surface area (Å²) < 4.78 is 0. The zero-order valence-corrected chi connectivity index (χ0v) is 12.5. The van der Waals surface area contributed by atoms with Crippen LogP contribution in [0.15, 0.2) is 24.3 Å². The molecule has 0 unspecified atom stereocenters. The van der Waals surface area contributed by atoms with E-state index in [0.29, 0.717) is 13.0 Å². The highest BCUT2D eigenvalue weighted by Gasteiger charge is 2.10. The van der Waals surface area contributed by atoms with E-state index in [9.17, 15) is 4.79 Å². The summed E-state index contributed by atoms with van der Waals surface area (Å²) in [5.74, 6) is 0.162. The van der Waals surface area contributed by atoms with Crippen molar-refractivity contribution in [2.45, 2.75) is 45.6 Å². The van der Waals surface area contributed by atoms with Gasteiger partial charge in [-0.25, -0.2) is 0 Å². The van der Waals surface area contributed by atoms with Gasteiger partial charge in [0.25, 0.3) is 0 Å². The highest BCUT2D eigenvalue weighted by Crippen LogP contribution is 2.09. The average Bonchev–Trinajstić information content (AvgIpc) is 2.73. The van der Waals surface area contributed by atoms with Crippen LogP contribution in [0.25, 0.3) is 0 Å². The minimum absolute atomic E-state index is 0.162. The molecule has 0 atom stereocenters. The Morgan fingerprint density at radius 2 is 1.75 bits per heavy atom. The number of hydrogen-bond donors (Lipinski definition) is 1. The van der Waals surface area contributed by atoms with Crippen molar-refractivity contribution >= 4 is 5.91 Å². The molecule has 1 N–H and O–H groups in total. The number of amides is 1. The van der Waals surface area contributed by atoms with Gasteiger partial charge in [0, 0.05) is 19.5 Å². The Kier molecular flexibility index (Phi) is 6.06. The zero-order valence-electron chi connectivity index (χ0n) is 12.5. The second kappa shape index (κ2) is 8.05. The van der Waals surface area contributed by atoms with Gasteiger partial charge in [0.15, 0.2) is 0 Å². The van der Waals surface area contributed by atoms with E-state index >= 15 is 0 Å². The van der Waals surface area contributed by atoms with E-state index in [1.807, 2.05) is 0 Å². The van der Waals surface area contributed by atoms with E-state index in [-0.39, 0.29) is 5.91 Å². The fourth-order valence-electron chi connectivity index (χ4n) is 2.61. The molecular formula is C17H26N2O. The van der Waals surface area contributed by atoms with Crippen molar-refractivity contribution in [3.63, 3.8) is 0 Å². The van der Waals surface area contributed by atoms with Crippen molar-refractivity contribution in [2.75, 3.05) is 19.6 Å². The first-order valence-corrected chi connectivity index (χ1v) is 7.78. The summed E-state index contributed by atoms with van der Waals surface area (Å²) >= 11 is 0. The summed E-state index contributed by atoms with van der Waals surface area (Å²) in [4.78, 5) is 14.3. The lowest BCUT2D eigenvalue weighted by atomic mass is 10.1. The van der Waals surface area contributed by atoms with Gasteiger partial charge in [0.1, 0.15) is 0 Å². The maximum atomic E-state index is 11.9. The molecule has 110 valence electrons. The third-order valence-electron chi connectivity index (χ3n) is 3.96. The van der Waals surface area contributed by atoms with Crippen molar-refractivity contribution in [1.82, 2.24) is 10.2 Å². The lowest BCUT2D eigenvalue weighted by Gasteiger charge is -2.19. The minimum atomic E-state index is 0.162. The molecule has 0 spiro atoms. The maximum absolute atomic E-state index is 11.9. The van der Waals surface area contributed by atoms with Crippen LogP contribution < -0.4 is 5.32 Å². The van der Waals surface area contributed by atoms with E-state index in [1.54, 1.807) is 0 Å². The first-order valence-electron chi connectivity index (χ1n) is 7.78. The Bertz CT molecular complexity index is 406. The largest absolute Gasteiger partial charge is 0.352 e. The van der Waals surface area contributed by atoms with Gasteiger partial charge < -0.3 is 10.2 Å². The fraction of sp³-hybridized carbons (Fsp3) is 0.588. The van der Waals surface area contributed by atoms with E-state index in [0.717, 1.165) is 19.6 Å². The van der Waals surface area contributed by atoms with Gasteiger partial charge in [0.2, 0.25) is 5.91 Å². The van der Waals surface area contributed by atoms with Gasteiger partial charge in [-0.15, -0.1) is 0 Å². The minimum Gasteiger partial charge on any atom is -0.352 e. The predicted molar refractivity (Wildman–Crippen MR) is 82.6 cm³/mol. The Balaban J connectivity index is 1.66. The number of nitrogens with one attached hydrogen (secondary N) is 1. The van der Waals surface area contributed by atoms with Crippen LogP contribution in [-0.2, 0) is 11.3 Å². The van der Waals surface area contributed by atoms with Crippen LogP contribution in [0.2, 0.25) is 0 Å². The van der Waals surface area contributed by atoms with Crippen LogP contribution in [0.1, 0.15) is 43.2 Å². The summed E-state index contributed by atoms with van der Waals surface area (Å²) in [5, 5.41) is 3.01. The van der Waals surface area contributed by atoms with Crippen molar-refractivity contribution in [2.24, 2.45) is 0 Å². The number of aryl methyl sites for hydroxylation is 1. The molecule has 3 nitrogen and oxygen atoms in total. The number of rotatable bonds is 5. The number of carbonyl (C=O) groups excluding carboxylic acids is 1. The van der Waals surface area contributed by atoms with Crippen LogP contribution in [0.3, 0.4) is 0 Å². The van der Waals surface area contributed by atoms with Crippen LogP contribution in [0.4, 0.5) is 0 Å². The van der Waals surface area contributed by atoms with Gasteiger partial charge in [0.05, 0.1) is 0 Å². The third-order valence-corrected chi connectivity index (χ3v) is 3.96. The van der Waals surface area contributed by atoms with Crippen molar-refractivity contribution in [1.29, 1.82) is 0 Å². The quantitative estimate of drug-likeness (QED) is 0.895. The van der Waals surface area contributed by atoms with E-state index in [1.165, 1.54) is 36.8 Å². The molecule has 0 aliphatic carbocycles. The summed E-state index contributed by atoms with van der Waals surface area (Å²) in [6, 6.07) is 8.31. The highest BCUT2D eigenvalue weighted by molar-refractivity contribution is 5.76. The SMILES string of the molecule is Cc1ccc(CNC(=O)CCN2CCCCCC2)cc1. The first-order chi connectivity index (χ1) is 9.74. The zero-order chi connectivity index (χ0) is 14.2. The molecule has 0 saturated carbocycles. The molecule has 0 aromatic heterocycles. The Labute approximate surface area is 122 Å². The summed E-state index contributed by atoms with van der Waals surface area (Å²) in [6.07, 6.45) is 5.87. The molecule has 20 heavy (non-hydrogen) atoms. The van der Waals surface area contributed by atoms with Crippen LogP contribution in [0, 0.1) is 6.92 Å². The summed E-state index contributed by atoms with van der Waals surface area (Å²) in [6.45, 7) is 5.93. The molecule has 1 amide bonds. The molecule has 0 radical (unpaired) electrons. The Hall–Kier alpha value is -1.35. The fourth-order valence-corrected chi connectivity index (χ4v) is 2.61. The molecule has 1 aromatic carbocycles. The maximum Gasteiger partial charge on any atom is 0.221 e. The standard InChI is InChI=1S/C17H26N2O/c1-15-6-8-16(9-7-15)14-18-17(20)10-13-19-11-4-2-3-5-12-19/h6-9H,2-5,10-14H2,1H3,(H,18,20). The number of hydrogen-bond acceptors (Lipinski definition) is 2. The smallest absolute Gasteiger partial charge is 0.221 e. The number of nitrogens with zero attached hydrogens (tertiary/aromatic N) is 1. The topological polar surface area (TPSA) is 32.3 Å². The lowest BCUT2D eigenvalue weighted by molar-refractivity contribution is -0.121. The average molecular weight is 274 g/mol. The van der Waals surface area contributed by atoms with E-state index in [2.05, 4.69) is 41.4 Å². The van der Waals surface area contributed by atoms with Crippen LogP contribution >= 0.6 is 0 Å². The summed E-state index contributed by atoms with van der Waals surface area (Å²) in [7, 11) is 0. The molecular weight excluding hydrogens is 248 g/mol. The Morgan fingerprint density at radius 3 is 2.40 bits per heavy atom. The molecule has 1 aliphatic rings. The lowest BCUT2D eigenvalue weighted by Crippen LogP contribution is -2.31. The first kappa shape index (κ1) is 15.0. The van der Waals surface area contributed by atoms with Gasteiger partial charge in [-0.3, -0.25) is 4.79 Å². The van der Waals surface area contributed by atoms with Crippen molar-refractivity contribution in [3.8, 4) is 0 Å². The molecule has 3 heteroatoms. The van der Waals surface area contributed by atoms with Gasteiger partial charge >= 0.3 is 0 Å². The molecule has 1 heterocycles. The van der Waals surface area contributed by atoms with Crippen LogP contribution in [-0.4, -0.2) is 30.4 Å². The number of likely N-dealkylation sites (tertiary alicyclic amines) is 1. The number of benzene rings is 1. The van der Waals surface area contributed by atoms with Crippen LogP contribution in [0.5, 0.6) is 0 Å². The summed E-state index contributed by atoms with van der Waals surface area (Å²) in [5.41, 5.74) is 2.42. The van der Waals surface area contributed by atoms with Gasteiger partial charge in [-0.1, -0.05) is 42.7 Å². The van der Waals surface area contributed by atoms with Gasteiger partial charge in [-0.2, -0.15) is 0 Å². The highest BCUT2D eigenvalue weighted by atomic mass is 16.1. The monoisotopic (exact) mass is 274 g/mol. The predicted octanol–water partition coefficient (Wildman–Crippen LogP) is 2.88. The molecule has 1 saturated heterocycles. The molecule has 1 aliphatic heterocycles. The number of carbonyl (C=O) groups is 1.